The maximum absolute atomic E-state index is 12.6. The van der Waals surface area contributed by atoms with Crippen molar-refractivity contribution in [3.63, 3.8) is 0 Å². The standard InChI is InChI=1S/C15H18BrIN2O2/c1-10(2)14(20)18-5-7-19(8-6-18)15(21)12-9-11(17)3-4-13(12)16/h3-4,9-10H,5-8H2,1-2H3. The van der Waals surface area contributed by atoms with E-state index in [4.69, 9.17) is 0 Å². The first-order valence-corrected chi connectivity index (χ1v) is 8.80. The third-order valence-corrected chi connectivity index (χ3v) is 4.89. The lowest BCUT2D eigenvalue weighted by Crippen LogP contribution is -2.51. The van der Waals surface area contributed by atoms with Crippen LogP contribution in [0, 0.1) is 9.49 Å². The van der Waals surface area contributed by atoms with E-state index < -0.39 is 0 Å². The van der Waals surface area contributed by atoms with Crippen LogP contribution in [0.25, 0.3) is 0 Å². The molecule has 0 radical (unpaired) electrons. The Morgan fingerprint density at radius 2 is 1.71 bits per heavy atom. The zero-order chi connectivity index (χ0) is 15.6. The van der Waals surface area contributed by atoms with Crippen molar-refractivity contribution in [1.82, 2.24) is 9.80 Å². The van der Waals surface area contributed by atoms with Crippen molar-refractivity contribution in [2.45, 2.75) is 13.8 Å². The predicted molar refractivity (Wildman–Crippen MR) is 94.2 cm³/mol. The van der Waals surface area contributed by atoms with Crippen molar-refractivity contribution >= 4 is 50.3 Å². The van der Waals surface area contributed by atoms with E-state index in [0.29, 0.717) is 31.7 Å². The monoisotopic (exact) mass is 464 g/mol. The Balaban J connectivity index is 2.03. The molecule has 2 rings (SSSR count). The predicted octanol–water partition coefficient (Wildman–Crippen LogP) is 2.99. The molecule has 0 aromatic heterocycles. The summed E-state index contributed by atoms with van der Waals surface area (Å²) in [4.78, 5) is 28.2. The van der Waals surface area contributed by atoms with E-state index in [1.807, 2.05) is 41.8 Å². The lowest BCUT2D eigenvalue weighted by molar-refractivity contribution is -0.135. The number of hydrogen-bond donors (Lipinski definition) is 0. The molecule has 1 aliphatic rings. The van der Waals surface area contributed by atoms with Gasteiger partial charge in [-0.05, 0) is 56.7 Å². The van der Waals surface area contributed by atoms with E-state index in [0.717, 1.165) is 8.04 Å². The van der Waals surface area contributed by atoms with Crippen LogP contribution in [0.4, 0.5) is 0 Å². The van der Waals surface area contributed by atoms with E-state index in [2.05, 4.69) is 38.5 Å². The molecule has 21 heavy (non-hydrogen) atoms. The molecular weight excluding hydrogens is 447 g/mol. The number of halogens is 2. The second-order valence-corrected chi connectivity index (χ2v) is 7.50. The average Bonchev–Trinajstić information content (AvgIpc) is 2.48. The van der Waals surface area contributed by atoms with Crippen LogP contribution in [0.15, 0.2) is 22.7 Å². The van der Waals surface area contributed by atoms with Gasteiger partial charge in [0.05, 0.1) is 5.56 Å². The Kier molecular flexibility index (Phi) is 5.65. The molecule has 0 bridgehead atoms. The number of benzene rings is 1. The zero-order valence-electron chi connectivity index (χ0n) is 12.1. The topological polar surface area (TPSA) is 40.6 Å². The summed E-state index contributed by atoms with van der Waals surface area (Å²) in [6.45, 7) is 6.23. The van der Waals surface area contributed by atoms with Crippen LogP contribution in [0.3, 0.4) is 0 Å². The van der Waals surface area contributed by atoms with Gasteiger partial charge in [-0.15, -0.1) is 0 Å². The van der Waals surface area contributed by atoms with E-state index in [9.17, 15) is 9.59 Å². The Morgan fingerprint density at radius 1 is 1.14 bits per heavy atom. The third-order valence-electron chi connectivity index (χ3n) is 3.53. The molecule has 1 saturated heterocycles. The van der Waals surface area contributed by atoms with Crippen LogP contribution in [0.2, 0.25) is 0 Å². The Morgan fingerprint density at radius 3 is 2.29 bits per heavy atom. The molecule has 2 amide bonds. The lowest BCUT2D eigenvalue weighted by Gasteiger charge is -2.35. The van der Waals surface area contributed by atoms with Crippen LogP contribution in [-0.4, -0.2) is 47.8 Å². The van der Waals surface area contributed by atoms with Crippen molar-refractivity contribution < 1.29 is 9.59 Å². The highest BCUT2D eigenvalue weighted by molar-refractivity contribution is 14.1. The van der Waals surface area contributed by atoms with Gasteiger partial charge < -0.3 is 9.80 Å². The zero-order valence-corrected chi connectivity index (χ0v) is 15.8. The van der Waals surface area contributed by atoms with Crippen molar-refractivity contribution in [2.24, 2.45) is 5.92 Å². The molecule has 0 spiro atoms. The van der Waals surface area contributed by atoms with Gasteiger partial charge in [-0.1, -0.05) is 13.8 Å². The summed E-state index contributed by atoms with van der Waals surface area (Å²) < 4.78 is 1.85. The normalized spacial score (nSPS) is 15.5. The van der Waals surface area contributed by atoms with Gasteiger partial charge in [-0.3, -0.25) is 9.59 Å². The first kappa shape index (κ1) is 16.7. The third kappa shape index (κ3) is 3.97. The molecule has 0 atom stereocenters. The molecular formula is C15H18BrIN2O2. The Labute approximate surface area is 147 Å². The number of piperazine rings is 1. The molecule has 0 saturated carbocycles. The molecule has 114 valence electrons. The Hall–Kier alpha value is -0.630. The van der Waals surface area contributed by atoms with Crippen LogP contribution in [0.1, 0.15) is 24.2 Å². The number of carbonyl (C=O) groups is 2. The van der Waals surface area contributed by atoms with Crippen molar-refractivity contribution in [1.29, 1.82) is 0 Å². The molecule has 1 aliphatic heterocycles. The maximum Gasteiger partial charge on any atom is 0.255 e. The number of amides is 2. The summed E-state index contributed by atoms with van der Waals surface area (Å²) in [5, 5.41) is 0. The number of rotatable bonds is 2. The molecule has 0 unspecified atom stereocenters. The molecule has 1 aromatic rings. The van der Waals surface area contributed by atoms with Crippen LogP contribution in [-0.2, 0) is 4.79 Å². The minimum Gasteiger partial charge on any atom is -0.339 e. The summed E-state index contributed by atoms with van der Waals surface area (Å²) in [5.74, 6) is 0.201. The van der Waals surface area contributed by atoms with Crippen molar-refractivity contribution in [3.05, 3.63) is 31.8 Å². The summed E-state index contributed by atoms with van der Waals surface area (Å²) >= 11 is 5.64. The number of nitrogens with zero attached hydrogens (tertiary/aromatic N) is 2. The van der Waals surface area contributed by atoms with Crippen molar-refractivity contribution in [3.8, 4) is 0 Å². The minimum atomic E-state index is 0.0112. The fourth-order valence-corrected chi connectivity index (χ4v) is 3.23. The smallest absolute Gasteiger partial charge is 0.255 e. The molecule has 0 aliphatic carbocycles. The van der Waals surface area contributed by atoms with E-state index >= 15 is 0 Å². The molecule has 6 heteroatoms. The van der Waals surface area contributed by atoms with Gasteiger partial charge in [0.2, 0.25) is 5.91 Å². The average molecular weight is 465 g/mol. The SMILES string of the molecule is CC(C)C(=O)N1CCN(C(=O)c2cc(I)ccc2Br)CC1. The second-order valence-electron chi connectivity index (χ2n) is 5.40. The molecule has 0 N–H and O–H groups in total. The minimum absolute atomic E-state index is 0.0112. The van der Waals surface area contributed by atoms with Crippen molar-refractivity contribution in [2.75, 3.05) is 26.2 Å². The maximum atomic E-state index is 12.6. The van der Waals surface area contributed by atoms with E-state index in [1.54, 1.807) is 0 Å². The highest BCUT2D eigenvalue weighted by atomic mass is 127. The van der Waals surface area contributed by atoms with Crippen LogP contribution >= 0.6 is 38.5 Å². The summed E-state index contributed by atoms with van der Waals surface area (Å²) in [7, 11) is 0. The van der Waals surface area contributed by atoms with Gasteiger partial charge in [-0.2, -0.15) is 0 Å². The van der Waals surface area contributed by atoms with E-state index in [1.165, 1.54) is 0 Å². The largest absolute Gasteiger partial charge is 0.339 e. The summed E-state index contributed by atoms with van der Waals surface area (Å²) in [6.07, 6.45) is 0. The fraction of sp³-hybridized carbons (Fsp3) is 0.467. The van der Waals surface area contributed by atoms with Crippen LogP contribution in [0.5, 0.6) is 0 Å². The summed E-state index contributed by atoms with van der Waals surface area (Å²) in [5.41, 5.74) is 0.686. The highest BCUT2D eigenvalue weighted by Crippen LogP contribution is 2.22. The van der Waals surface area contributed by atoms with Gasteiger partial charge in [0.15, 0.2) is 0 Å². The van der Waals surface area contributed by atoms with Gasteiger partial charge in [-0.25, -0.2) is 0 Å². The first-order valence-electron chi connectivity index (χ1n) is 6.93. The van der Waals surface area contributed by atoms with Gasteiger partial charge in [0, 0.05) is 40.1 Å². The number of hydrogen-bond acceptors (Lipinski definition) is 2. The van der Waals surface area contributed by atoms with Gasteiger partial charge in [0.1, 0.15) is 0 Å². The van der Waals surface area contributed by atoms with Gasteiger partial charge in [0.25, 0.3) is 5.91 Å². The van der Waals surface area contributed by atoms with Crippen LogP contribution < -0.4 is 0 Å². The molecule has 1 fully saturated rings. The summed E-state index contributed by atoms with van der Waals surface area (Å²) in [6, 6.07) is 5.74. The second kappa shape index (κ2) is 7.09. The first-order chi connectivity index (χ1) is 9.90. The number of carbonyl (C=O) groups excluding carboxylic acids is 2. The lowest BCUT2D eigenvalue weighted by atomic mass is 10.1. The molecule has 1 aromatic carbocycles. The highest BCUT2D eigenvalue weighted by Gasteiger charge is 2.26. The van der Waals surface area contributed by atoms with E-state index in [-0.39, 0.29) is 17.7 Å². The fourth-order valence-electron chi connectivity index (χ4n) is 2.33. The molecule has 1 heterocycles. The quantitative estimate of drug-likeness (QED) is 0.631. The molecule has 4 nitrogen and oxygen atoms in total. The van der Waals surface area contributed by atoms with Gasteiger partial charge >= 0.3 is 0 Å². The Bertz CT molecular complexity index is 555.